The molecule has 0 amide bonds. The number of aromatic nitrogens is 2. The molecule has 1 aromatic rings. The smallest absolute Gasteiger partial charge is 0.330 e. The second-order valence-corrected chi connectivity index (χ2v) is 4.63. The molecule has 0 bridgehead atoms. The van der Waals surface area contributed by atoms with Crippen molar-refractivity contribution in [2.24, 2.45) is 5.84 Å². The van der Waals surface area contributed by atoms with Crippen LogP contribution in [0.5, 0.6) is 0 Å². The van der Waals surface area contributed by atoms with Gasteiger partial charge in [0, 0.05) is 18.2 Å². The van der Waals surface area contributed by atoms with Gasteiger partial charge in [0.15, 0.2) is 0 Å². The highest BCUT2D eigenvalue weighted by Crippen LogP contribution is 2.27. The number of aromatic amines is 1. The van der Waals surface area contributed by atoms with Crippen molar-refractivity contribution in [3.05, 3.63) is 32.6 Å². The van der Waals surface area contributed by atoms with Crippen molar-refractivity contribution in [1.29, 1.82) is 0 Å². The predicted octanol–water partition coefficient (Wildman–Crippen LogP) is -2.07. The minimum absolute atomic E-state index is 0.134. The van der Waals surface area contributed by atoms with Crippen molar-refractivity contribution in [2.75, 3.05) is 13.3 Å². The van der Waals surface area contributed by atoms with E-state index in [1.165, 1.54) is 10.8 Å². The quantitative estimate of drug-likeness (QED) is 0.212. The maximum absolute atomic E-state index is 11.7. The predicted molar refractivity (Wildman–Crippen MR) is 68.7 cm³/mol. The van der Waals surface area contributed by atoms with E-state index < -0.39 is 29.7 Å². The normalized spacial score (nSPS) is 26.1. The lowest BCUT2D eigenvalue weighted by Crippen LogP contribution is -2.34. The first-order chi connectivity index (χ1) is 9.52. The molecule has 9 nitrogen and oxygen atoms in total. The summed E-state index contributed by atoms with van der Waals surface area (Å²) in [5.41, 5.74) is 1.72. The van der Waals surface area contributed by atoms with E-state index in [-0.39, 0.29) is 19.8 Å². The van der Waals surface area contributed by atoms with Crippen LogP contribution >= 0.6 is 0 Å². The second-order valence-electron chi connectivity index (χ2n) is 4.63. The van der Waals surface area contributed by atoms with Gasteiger partial charge in [0.25, 0.3) is 5.56 Å². The number of nitrogens with one attached hydrogen (secondary N) is 2. The van der Waals surface area contributed by atoms with Crippen LogP contribution in [0, 0.1) is 6.92 Å². The number of hydrogen-bond donors (Lipinski definition) is 4. The highest BCUT2D eigenvalue weighted by Gasteiger charge is 2.35. The fraction of sp³-hybridized carbons (Fsp3) is 0.636. The zero-order valence-corrected chi connectivity index (χ0v) is 11.0. The molecule has 0 spiro atoms. The van der Waals surface area contributed by atoms with Gasteiger partial charge >= 0.3 is 5.69 Å². The Morgan fingerprint density at radius 1 is 1.65 bits per heavy atom. The zero-order chi connectivity index (χ0) is 14.7. The van der Waals surface area contributed by atoms with Gasteiger partial charge in [0.2, 0.25) is 0 Å². The summed E-state index contributed by atoms with van der Waals surface area (Å²) >= 11 is 0. The molecular weight excluding hydrogens is 268 g/mol. The third kappa shape index (κ3) is 3.14. The molecule has 0 saturated carbocycles. The summed E-state index contributed by atoms with van der Waals surface area (Å²) in [7, 11) is 0. The first-order valence-electron chi connectivity index (χ1n) is 6.19. The number of hydrogen-bond acceptors (Lipinski definition) is 7. The van der Waals surface area contributed by atoms with Crippen LogP contribution in [0.1, 0.15) is 18.2 Å². The number of rotatable bonds is 5. The Labute approximate surface area is 114 Å². The van der Waals surface area contributed by atoms with Gasteiger partial charge in [-0.3, -0.25) is 20.2 Å². The van der Waals surface area contributed by atoms with Crippen molar-refractivity contribution >= 4 is 0 Å². The molecule has 1 aliphatic heterocycles. The highest BCUT2D eigenvalue weighted by molar-refractivity contribution is 5.02. The van der Waals surface area contributed by atoms with Gasteiger partial charge in [0.1, 0.15) is 19.1 Å². The summed E-state index contributed by atoms with van der Waals surface area (Å²) in [4.78, 5) is 25.3. The average Bonchev–Trinajstić information content (AvgIpc) is 2.76. The minimum atomic E-state index is -0.753. The van der Waals surface area contributed by atoms with E-state index in [9.17, 15) is 14.7 Å². The van der Waals surface area contributed by atoms with Gasteiger partial charge in [-0.1, -0.05) is 0 Å². The molecular formula is C11H18N4O5. The SMILES string of the molecule is Cc1cn([C@H]2C[C@H](O)[C@@H](COCNN)O2)c(=O)[nH]c1=O. The van der Waals surface area contributed by atoms with Crippen molar-refractivity contribution in [1.82, 2.24) is 15.0 Å². The molecule has 1 fully saturated rings. The molecule has 2 rings (SSSR count). The molecule has 2 heterocycles. The van der Waals surface area contributed by atoms with Crippen molar-refractivity contribution in [3.63, 3.8) is 0 Å². The average molecular weight is 286 g/mol. The Hall–Kier alpha value is -1.52. The van der Waals surface area contributed by atoms with E-state index in [4.69, 9.17) is 15.3 Å². The molecule has 0 aromatic carbocycles. The van der Waals surface area contributed by atoms with E-state index in [1.54, 1.807) is 6.92 Å². The molecule has 9 heteroatoms. The highest BCUT2D eigenvalue weighted by atomic mass is 16.6. The molecule has 112 valence electrons. The molecule has 5 N–H and O–H groups in total. The van der Waals surface area contributed by atoms with Crippen LogP contribution in [0.2, 0.25) is 0 Å². The standard InChI is InChI=1S/C11H18N4O5/c1-6-3-15(11(18)14-10(6)17)9-2-7(16)8(20-9)4-19-5-13-12/h3,7-9,13,16H,2,4-5,12H2,1H3,(H,14,17,18)/t7-,8+,9+/m0/s1. The van der Waals surface area contributed by atoms with E-state index >= 15 is 0 Å². The summed E-state index contributed by atoms with van der Waals surface area (Å²) in [6.07, 6.45) is -0.268. The van der Waals surface area contributed by atoms with Crippen molar-refractivity contribution < 1.29 is 14.6 Å². The summed E-state index contributed by atoms with van der Waals surface area (Å²) in [6, 6.07) is 0. The summed E-state index contributed by atoms with van der Waals surface area (Å²) in [5, 5.41) is 9.89. The number of aliphatic hydroxyl groups is 1. The molecule has 1 aromatic heterocycles. The number of ether oxygens (including phenoxy) is 2. The second kappa shape index (κ2) is 6.29. The maximum atomic E-state index is 11.7. The van der Waals surface area contributed by atoms with Gasteiger partial charge < -0.3 is 14.6 Å². The fourth-order valence-electron chi connectivity index (χ4n) is 2.07. The Morgan fingerprint density at radius 2 is 2.40 bits per heavy atom. The monoisotopic (exact) mass is 286 g/mol. The summed E-state index contributed by atoms with van der Waals surface area (Å²) in [6.45, 7) is 1.88. The van der Waals surface area contributed by atoms with E-state index in [0.29, 0.717) is 5.56 Å². The van der Waals surface area contributed by atoms with Crippen LogP contribution in [0.3, 0.4) is 0 Å². The van der Waals surface area contributed by atoms with Crippen LogP contribution in [-0.2, 0) is 9.47 Å². The van der Waals surface area contributed by atoms with Crippen LogP contribution in [0.25, 0.3) is 0 Å². The molecule has 1 aliphatic rings. The van der Waals surface area contributed by atoms with Crippen molar-refractivity contribution in [2.45, 2.75) is 31.8 Å². The lowest BCUT2D eigenvalue weighted by Gasteiger charge is -2.16. The summed E-state index contributed by atoms with van der Waals surface area (Å²) < 4.78 is 12.0. The first kappa shape index (κ1) is 14.9. The Morgan fingerprint density at radius 3 is 3.10 bits per heavy atom. The molecule has 0 unspecified atom stereocenters. The van der Waals surface area contributed by atoms with E-state index in [0.717, 1.165) is 0 Å². The van der Waals surface area contributed by atoms with Gasteiger partial charge in [-0.25, -0.2) is 10.2 Å². The minimum Gasteiger partial charge on any atom is -0.390 e. The molecule has 1 saturated heterocycles. The first-order valence-corrected chi connectivity index (χ1v) is 6.19. The largest absolute Gasteiger partial charge is 0.390 e. The summed E-state index contributed by atoms with van der Waals surface area (Å²) in [5.74, 6) is 5.06. The molecule has 20 heavy (non-hydrogen) atoms. The topological polar surface area (TPSA) is 132 Å². The lowest BCUT2D eigenvalue weighted by atomic mass is 10.2. The maximum Gasteiger partial charge on any atom is 0.330 e. The Balaban J connectivity index is 2.10. The van der Waals surface area contributed by atoms with Crippen LogP contribution in [0.4, 0.5) is 0 Å². The van der Waals surface area contributed by atoms with Crippen LogP contribution in [-0.4, -0.2) is 40.2 Å². The number of aryl methyl sites for hydroxylation is 1. The molecule has 3 atom stereocenters. The number of H-pyrrole nitrogens is 1. The van der Waals surface area contributed by atoms with Crippen LogP contribution < -0.4 is 22.5 Å². The van der Waals surface area contributed by atoms with E-state index in [2.05, 4.69) is 10.4 Å². The Bertz CT molecular complexity index is 569. The third-order valence-corrected chi connectivity index (χ3v) is 3.13. The number of aliphatic hydroxyl groups excluding tert-OH is 1. The third-order valence-electron chi connectivity index (χ3n) is 3.13. The molecule has 0 aliphatic carbocycles. The number of hydrazine groups is 1. The number of nitrogens with zero attached hydrogens (tertiary/aromatic N) is 1. The van der Waals surface area contributed by atoms with E-state index in [1.807, 2.05) is 0 Å². The Kier molecular flexibility index (Phi) is 4.68. The van der Waals surface area contributed by atoms with Gasteiger partial charge in [-0.05, 0) is 6.92 Å². The fourth-order valence-corrected chi connectivity index (χ4v) is 2.07. The van der Waals surface area contributed by atoms with Crippen molar-refractivity contribution in [3.8, 4) is 0 Å². The molecule has 0 radical (unpaired) electrons. The van der Waals surface area contributed by atoms with Gasteiger partial charge in [-0.2, -0.15) is 0 Å². The van der Waals surface area contributed by atoms with Crippen LogP contribution in [0.15, 0.2) is 15.8 Å². The number of nitrogens with two attached hydrogens (primary N) is 1. The van der Waals surface area contributed by atoms with Gasteiger partial charge in [0.05, 0.1) is 12.7 Å². The lowest BCUT2D eigenvalue weighted by molar-refractivity contribution is -0.0659. The van der Waals surface area contributed by atoms with Gasteiger partial charge in [-0.15, -0.1) is 0 Å². The zero-order valence-electron chi connectivity index (χ0n) is 11.0.